The standard InChI is InChI=1S/C23H31N3O3S/c1-17-5-6-18(15-20(17)24-22(27)21-16-30-14-13-29-21)23(28)26-11-7-19(8-12-26)25-9-3-2-4-10-25/h5-6,15-16,19H,2-4,7-14H2,1H3,(H,24,27). The number of aryl methyl sites for hydroxylation is 1. The molecule has 0 spiro atoms. The van der Waals surface area contributed by atoms with E-state index >= 15 is 0 Å². The third kappa shape index (κ3) is 5.01. The fourth-order valence-electron chi connectivity index (χ4n) is 4.46. The molecule has 162 valence electrons. The predicted molar refractivity (Wildman–Crippen MR) is 121 cm³/mol. The summed E-state index contributed by atoms with van der Waals surface area (Å²) in [6, 6.07) is 6.16. The molecule has 2 saturated heterocycles. The largest absolute Gasteiger partial charge is 0.487 e. The van der Waals surface area contributed by atoms with Crippen molar-refractivity contribution in [2.24, 2.45) is 0 Å². The van der Waals surface area contributed by atoms with Gasteiger partial charge < -0.3 is 19.9 Å². The Balaban J connectivity index is 1.38. The van der Waals surface area contributed by atoms with Crippen LogP contribution in [0.3, 0.4) is 0 Å². The van der Waals surface area contributed by atoms with E-state index in [9.17, 15) is 9.59 Å². The number of amides is 2. The molecule has 4 rings (SSSR count). The third-order valence-electron chi connectivity index (χ3n) is 6.26. The Morgan fingerprint density at radius 3 is 2.57 bits per heavy atom. The lowest BCUT2D eigenvalue weighted by molar-refractivity contribution is -0.116. The summed E-state index contributed by atoms with van der Waals surface area (Å²) in [4.78, 5) is 30.1. The maximum atomic E-state index is 13.1. The normalized spacial score (nSPS) is 21.0. The van der Waals surface area contributed by atoms with Crippen LogP contribution in [0.25, 0.3) is 0 Å². The van der Waals surface area contributed by atoms with Gasteiger partial charge in [-0.2, -0.15) is 0 Å². The maximum Gasteiger partial charge on any atom is 0.291 e. The molecule has 0 radical (unpaired) electrons. The van der Waals surface area contributed by atoms with Crippen LogP contribution in [0.15, 0.2) is 29.4 Å². The predicted octanol–water partition coefficient (Wildman–Crippen LogP) is 3.63. The van der Waals surface area contributed by atoms with Gasteiger partial charge in [-0.1, -0.05) is 12.5 Å². The number of ether oxygens (including phenoxy) is 1. The molecular formula is C23H31N3O3S. The highest BCUT2D eigenvalue weighted by Crippen LogP contribution is 2.24. The van der Waals surface area contributed by atoms with E-state index in [-0.39, 0.29) is 11.8 Å². The van der Waals surface area contributed by atoms with E-state index in [0.29, 0.717) is 29.7 Å². The molecule has 3 aliphatic rings. The van der Waals surface area contributed by atoms with Crippen LogP contribution in [-0.2, 0) is 9.53 Å². The van der Waals surface area contributed by atoms with Gasteiger partial charge in [0.05, 0.1) is 6.61 Å². The zero-order chi connectivity index (χ0) is 20.9. The summed E-state index contributed by atoms with van der Waals surface area (Å²) < 4.78 is 5.43. The molecule has 3 aliphatic heterocycles. The summed E-state index contributed by atoms with van der Waals surface area (Å²) in [6.45, 7) is 6.48. The van der Waals surface area contributed by atoms with Crippen molar-refractivity contribution in [3.05, 3.63) is 40.5 Å². The van der Waals surface area contributed by atoms with Gasteiger partial charge in [0.25, 0.3) is 11.8 Å². The number of piperidine rings is 2. The Kier molecular flexibility index (Phi) is 7.00. The fraction of sp³-hybridized carbons (Fsp3) is 0.565. The molecule has 1 aromatic rings. The molecule has 0 bridgehead atoms. The van der Waals surface area contributed by atoms with E-state index in [1.165, 1.54) is 32.4 Å². The maximum absolute atomic E-state index is 13.1. The minimum absolute atomic E-state index is 0.0475. The molecule has 0 saturated carbocycles. The number of nitrogens with one attached hydrogen (secondary N) is 1. The first-order valence-corrected chi connectivity index (χ1v) is 12.1. The van der Waals surface area contributed by atoms with Gasteiger partial charge in [-0.25, -0.2) is 0 Å². The van der Waals surface area contributed by atoms with Gasteiger partial charge in [-0.15, -0.1) is 11.8 Å². The number of rotatable bonds is 4. The lowest BCUT2D eigenvalue weighted by Crippen LogP contribution is -2.48. The molecule has 7 heteroatoms. The van der Waals surface area contributed by atoms with E-state index in [1.54, 1.807) is 23.2 Å². The molecule has 6 nitrogen and oxygen atoms in total. The first kappa shape index (κ1) is 21.2. The van der Waals surface area contributed by atoms with Gasteiger partial charge in [0, 0.05) is 41.5 Å². The molecule has 0 aliphatic carbocycles. The summed E-state index contributed by atoms with van der Waals surface area (Å²) >= 11 is 1.57. The summed E-state index contributed by atoms with van der Waals surface area (Å²) in [5.41, 5.74) is 2.21. The zero-order valence-corrected chi connectivity index (χ0v) is 18.5. The van der Waals surface area contributed by atoms with Crippen LogP contribution >= 0.6 is 11.8 Å². The van der Waals surface area contributed by atoms with Gasteiger partial charge >= 0.3 is 0 Å². The Labute approximate surface area is 183 Å². The first-order valence-electron chi connectivity index (χ1n) is 11.0. The van der Waals surface area contributed by atoms with Crippen molar-refractivity contribution in [1.82, 2.24) is 9.80 Å². The van der Waals surface area contributed by atoms with Crippen LogP contribution in [-0.4, -0.2) is 66.2 Å². The highest BCUT2D eigenvalue weighted by atomic mass is 32.2. The van der Waals surface area contributed by atoms with Crippen molar-refractivity contribution in [2.45, 2.75) is 45.1 Å². The Morgan fingerprint density at radius 2 is 1.87 bits per heavy atom. The average Bonchev–Trinajstić information content (AvgIpc) is 2.81. The van der Waals surface area contributed by atoms with Crippen molar-refractivity contribution in [3.8, 4) is 0 Å². The van der Waals surface area contributed by atoms with Gasteiger partial charge in [0.15, 0.2) is 5.76 Å². The molecule has 0 unspecified atom stereocenters. The summed E-state index contributed by atoms with van der Waals surface area (Å²) in [5.74, 6) is 0.972. The quantitative estimate of drug-likeness (QED) is 0.792. The monoisotopic (exact) mass is 429 g/mol. The summed E-state index contributed by atoms with van der Waals surface area (Å²) in [6.07, 6.45) is 6.05. The summed E-state index contributed by atoms with van der Waals surface area (Å²) in [7, 11) is 0. The Hall–Kier alpha value is -1.99. The summed E-state index contributed by atoms with van der Waals surface area (Å²) in [5, 5.41) is 4.65. The lowest BCUT2D eigenvalue weighted by Gasteiger charge is -2.40. The van der Waals surface area contributed by atoms with E-state index in [4.69, 9.17) is 4.74 Å². The van der Waals surface area contributed by atoms with E-state index in [0.717, 1.165) is 37.2 Å². The number of anilines is 1. The number of carbonyl (C=O) groups is 2. The van der Waals surface area contributed by atoms with Crippen molar-refractivity contribution < 1.29 is 14.3 Å². The SMILES string of the molecule is Cc1ccc(C(=O)N2CCC(N3CCCCC3)CC2)cc1NC(=O)C1=CSCCO1. The average molecular weight is 430 g/mol. The molecular weight excluding hydrogens is 398 g/mol. The number of thioether (sulfide) groups is 1. The van der Waals surface area contributed by atoms with Crippen LogP contribution in [0.1, 0.15) is 48.0 Å². The number of nitrogens with zero attached hydrogens (tertiary/aromatic N) is 2. The topological polar surface area (TPSA) is 61.9 Å². The Morgan fingerprint density at radius 1 is 1.10 bits per heavy atom. The van der Waals surface area contributed by atoms with Crippen LogP contribution in [0.4, 0.5) is 5.69 Å². The van der Waals surface area contributed by atoms with Crippen LogP contribution < -0.4 is 5.32 Å². The second kappa shape index (κ2) is 9.88. The third-order valence-corrected chi connectivity index (χ3v) is 7.05. The molecule has 1 N–H and O–H groups in total. The number of likely N-dealkylation sites (tertiary alicyclic amines) is 2. The molecule has 3 heterocycles. The molecule has 0 aromatic heterocycles. The van der Waals surface area contributed by atoms with Crippen LogP contribution in [0.5, 0.6) is 0 Å². The van der Waals surface area contributed by atoms with Crippen molar-refractivity contribution in [3.63, 3.8) is 0 Å². The van der Waals surface area contributed by atoms with E-state index in [1.807, 2.05) is 24.0 Å². The molecule has 1 aromatic carbocycles. The van der Waals surface area contributed by atoms with E-state index < -0.39 is 0 Å². The highest BCUT2D eigenvalue weighted by molar-refractivity contribution is 8.02. The molecule has 2 fully saturated rings. The van der Waals surface area contributed by atoms with Gasteiger partial charge in [0.1, 0.15) is 0 Å². The van der Waals surface area contributed by atoms with Crippen molar-refractivity contribution in [2.75, 3.05) is 43.9 Å². The second-order valence-corrected chi connectivity index (χ2v) is 9.28. The first-order chi connectivity index (χ1) is 14.6. The molecule has 30 heavy (non-hydrogen) atoms. The van der Waals surface area contributed by atoms with Gasteiger partial charge in [0.2, 0.25) is 0 Å². The van der Waals surface area contributed by atoms with Crippen LogP contribution in [0.2, 0.25) is 0 Å². The lowest BCUT2D eigenvalue weighted by atomic mass is 9.99. The highest BCUT2D eigenvalue weighted by Gasteiger charge is 2.28. The fourth-order valence-corrected chi connectivity index (χ4v) is 5.09. The van der Waals surface area contributed by atoms with Crippen LogP contribution in [0, 0.1) is 6.92 Å². The Bertz CT molecular complexity index is 812. The molecule has 2 amide bonds. The number of hydrogen-bond acceptors (Lipinski definition) is 5. The minimum atomic E-state index is -0.266. The zero-order valence-electron chi connectivity index (χ0n) is 17.7. The van der Waals surface area contributed by atoms with Gasteiger partial charge in [-0.3, -0.25) is 9.59 Å². The number of benzene rings is 1. The smallest absolute Gasteiger partial charge is 0.291 e. The number of carbonyl (C=O) groups excluding carboxylic acids is 2. The second-order valence-electron chi connectivity index (χ2n) is 8.31. The van der Waals surface area contributed by atoms with Crippen molar-refractivity contribution in [1.29, 1.82) is 0 Å². The van der Waals surface area contributed by atoms with Crippen molar-refractivity contribution >= 4 is 29.3 Å². The molecule has 0 atom stereocenters. The number of hydrogen-bond donors (Lipinski definition) is 1. The van der Waals surface area contributed by atoms with Gasteiger partial charge in [-0.05, 0) is 63.4 Å². The van der Waals surface area contributed by atoms with E-state index in [2.05, 4.69) is 10.2 Å². The minimum Gasteiger partial charge on any atom is -0.487 e.